The average Bonchev–Trinajstić information content (AvgIpc) is 2.80. The molecular formula is C11H10FN3O3. The van der Waals surface area contributed by atoms with Crippen LogP contribution in [0.2, 0.25) is 0 Å². The summed E-state index contributed by atoms with van der Waals surface area (Å²) in [5, 5.41) is 16.1. The van der Waals surface area contributed by atoms with Crippen LogP contribution in [0.4, 0.5) is 10.2 Å². The van der Waals surface area contributed by atoms with E-state index < -0.39 is 11.6 Å². The van der Waals surface area contributed by atoms with Crippen LogP contribution in [0.15, 0.2) is 12.1 Å². The van der Waals surface area contributed by atoms with Gasteiger partial charge in [-0.05, 0) is 6.07 Å². The molecule has 0 radical (unpaired) electrons. The minimum Gasteiger partial charge on any atom is -0.504 e. The van der Waals surface area contributed by atoms with Gasteiger partial charge in [0, 0.05) is 11.6 Å². The number of hydrogen-bond acceptors (Lipinski definition) is 5. The zero-order valence-electron chi connectivity index (χ0n) is 9.24. The van der Waals surface area contributed by atoms with Crippen molar-refractivity contribution in [3.63, 3.8) is 0 Å². The summed E-state index contributed by atoms with van der Waals surface area (Å²) in [6.07, 6.45) is 0. The summed E-state index contributed by atoms with van der Waals surface area (Å²) >= 11 is 0. The largest absolute Gasteiger partial charge is 0.504 e. The molecule has 1 aliphatic heterocycles. The van der Waals surface area contributed by atoms with Crippen molar-refractivity contribution in [1.29, 1.82) is 0 Å². The lowest BCUT2D eigenvalue weighted by molar-refractivity contribution is 0.163. The molecule has 0 fully saturated rings. The Balaban J connectivity index is 2.18. The number of fused-ring (bicyclic) bond motifs is 1. The maximum Gasteiger partial charge on any atom is 0.211 e. The molecule has 0 aliphatic carbocycles. The Morgan fingerprint density at radius 1 is 1.33 bits per heavy atom. The van der Waals surface area contributed by atoms with Crippen LogP contribution in [0, 0.1) is 5.82 Å². The first-order valence-electron chi connectivity index (χ1n) is 5.29. The number of halogens is 1. The lowest BCUT2D eigenvalue weighted by Gasteiger charge is -2.20. The van der Waals surface area contributed by atoms with Crippen LogP contribution in [-0.2, 0) is 0 Å². The van der Waals surface area contributed by atoms with Gasteiger partial charge in [-0.2, -0.15) is 9.49 Å². The van der Waals surface area contributed by atoms with Crippen molar-refractivity contribution in [3.8, 4) is 28.5 Å². The van der Waals surface area contributed by atoms with Crippen molar-refractivity contribution >= 4 is 5.82 Å². The molecule has 0 bridgehead atoms. The summed E-state index contributed by atoms with van der Waals surface area (Å²) < 4.78 is 24.3. The predicted molar refractivity (Wildman–Crippen MR) is 61.0 cm³/mol. The fraction of sp³-hybridized carbons (Fsp3) is 0.182. The van der Waals surface area contributed by atoms with E-state index in [-0.39, 0.29) is 29.5 Å². The summed E-state index contributed by atoms with van der Waals surface area (Å²) in [6.45, 7) is 0.585. The Bertz CT molecular complexity index is 612. The molecule has 94 valence electrons. The van der Waals surface area contributed by atoms with E-state index in [1.165, 1.54) is 12.1 Å². The van der Waals surface area contributed by atoms with Gasteiger partial charge < -0.3 is 20.3 Å². The Kier molecular flexibility index (Phi) is 2.26. The maximum atomic E-state index is 13.9. The predicted octanol–water partition coefficient (Wildman–Crippen LogP) is 1.27. The lowest BCUT2D eigenvalue weighted by Crippen LogP contribution is -2.16. The molecule has 0 saturated carbocycles. The number of phenols is 1. The number of hydrogen-bond donors (Lipinski definition) is 3. The van der Waals surface area contributed by atoms with Gasteiger partial charge in [-0.3, -0.25) is 5.10 Å². The van der Waals surface area contributed by atoms with Gasteiger partial charge in [0.15, 0.2) is 11.5 Å². The lowest BCUT2D eigenvalue weighted by atomic mass is 10.1. The summed E-state index contributed by atoms with van der Waals surface area (Å²) in [7, 11) is 0. The fourth-order valence-corrected chi connectivity index (χ4v) is 1.82. The monoisotopic (exact) mass is 251 g/mol. The molecule has 18 heavy (non-hydrogen) atoms. The first kappa shape index (κ1) is 10.7. The second kappa shape index (κ2) is 3.80. The second-order valence-corrected chi connectivity index (χ2v) is 3.82. The van der Waals surface area contributed by atoms with E-state index >= 15 is 0 Å². The zero-order valence-corrected chi connectivity index (χ0v) is 9.24. The first-order chi connectivity index (χ1) is 8.66. The van der Waals surface area contributed by atoms with Gasteiger partial charge in [-0.15, -0.1) is 0 Å². The van der Waals surface area contributed by atoms with Crippen LogP contribution in [0.25, 0.3) is 11.3 Å². The molecule has 7 heteroatoms. The molecule has 3 rings (SSSR count). The van der Waals surface area contributed by atoms with Crippen LogP contribution in [0.1, 0.15) is 0 Å². The number of aromatic hydroxyl groups is 1. The molecular weight excluding hydrogens is 241 g/mol. The number of aromatic nitrogens is 2. The van der Waals surface area contributed by atoms with Gasteiger partial charge in [0.25, 0.3) is 0 Å². The van der Waals surface area contributed by atoms with E-state index in [0.29, 0.717) is 12.3 Å². The standard InChI is InChI=1S/C11H10FN3O3/c12-9-10(16)5(6-4-8(13)15-14-6)3-7-11(9)18-2-1-17-7/h3-4,16H,1-2H2,(H3,13,14,15). The number of nitrogen functional groups attached to an aromatic ring is 1. The molecule has 2 aromatic rings. The highest BCUT2D eigenvalue weighted by molar-refractivity contribution is 5.73. The van der Waals surface area contributed by atoms with Crippen molar-refractivity contribution < 1.29 is 19.0 Å². The average molecular weight is 251 g/mol. The smallest absolute Gasteiger partial charge is 0.211 e. The number of anilines is 1. The van der Waals surface area contributed by atoms with E-state index in [1.807, 2.05) is 0 Å². The highest BCUT2D eigenvalue weighted by Gasteiger charge is 2.24. The molecule has 6 nitrogen and oxygen atoms in total. The van der Waals surface area contributed by atoms with Gasteiger partial charge in [-0.1, -0.05) is 0 Å². The molecule has 0 amide bonds. The number of nitrogens with one attached hydrogen (secondary N) is 1. The van der Waals surface area contributed by atoms with Crippen molar-refractivity contribution in [2.24, 2.45) is 0 Å². The first-order valence-corrected chi connectivity index (χ1v) is 5.29. The number of aromatic amines is 1. The minimum atomic E-state index is -0.852. The summed E-state index contributed by atoms with van der Waals surface area (Å²) in [4.78, 5) is 0. The van der Waals surface area contributed by atoms with Crippen LogP contribution < -0.4 is 15.2 Å². The van der Waals surface area contributed by atoms with E-state index in [0.717, 1.165) is 0 Å². The molecule has 0 spiro atoms. The van der Waals surface area contributed by atoms with Gasteiger partial charge >= 0.3 is 0 Å². The summed E-state index contributed by atoms with van der Waals surface area (Å²) in [6, 6.07) is 2.98. The van der Waals surface area contributed by atoms with E-state index in [1.54, 1.807) is 0 Å². The maximum absolute atomic E-state index is 13.9. The van der Waals surface area contributed by atoms with Crippen LogP contribution in [0.3, 0.4) is 0 Å². The molecule has 1 aromatic carbocycles. The number of phenolic OH excluding ortho intramolecular Hbond substituents is 1. The van der Waals surface area contributed by atoms with Crippen molar-refractivity contribution in [3.05, 3.63) is 17.9 Å². The summed E-state index contributed by atoms with van der Waals surface area (Å²) in [5.74, 6) is -0.951. The van der Waals surface area contributed by atoms with E-state index in [2.05, 4.69) is 10.2 Å². The third-order valence-electron chi connectivity index (χ3n) is 2.64. The molecule has 0 unspecified atom stereocenters. The minimum absolute atomic E-state index is 0.0741. The number of benzene rings is 1. The number of ether oxygens (including phenoxy) is 2. The fourth-order valence-electron chi connectivity index (χ4n) is 1.82. The van der Waals surface area contributed by atoms with Gasteiger partial charge in [-0.25, -0.2) is 0 Å². The molecule has 1 aliphatic rings. The Morgan fingerprint density at radius 2 is 2.11 bits per heavy atom. The highest BCUT2D eigenvalue weighted by Crippen LogP contribution is 2.43. The van der Waals surface area contributed by atoms with Crippen molar-refractivity contribution in [2.45, 2.75) is 0 Å². The Hall–Kier alpha value is -2.44. The second-order valence-electron chi connectivity index (χ2n) is 3.82. The number of H-pyrrole nitrogens is 1. The molecule has 4 N–H and O–H groups in total. The zero-order chi connectivity index (χ0) is 12.7. The summed E-state index contributed by atoms with van der Waals surface area (Å²) in [5.41, 5.74) is 6.09. The van der Waals surface area contributed by atoms with Gasteiger partial charge in [0.05, 0.1) is 5.69 Å². The molecule has 0 saturated heterocycles. The number of nitrogens with zero attached hydrogens (tertiary/aromatic N) is 1. The van der Waals surface area contributed by atoms with Gasteiger partial charge in [0.1, 0.15) is 19.0 Å². The van der Waals surface area contributed by atoms with Crippen LogP contribution in [-0.4, -0.2) is 28.5 Å². The third-order valence-corrected chi connectivity index (χ3v) is 2.64. The van der Waals surface area contributed by atoms with Crippen molar-refractivity contribution in [1.82, 2.24) is 10.2 Å². The molecule has 2 heterocycles. The van der Waals surface area contributed by atoms with Crippen LogP contribution >= 0.6 is 0 Å². The normalized spacial score (nSPS) is 13.6. The molecule has 0 atom stereocenters. The topological polar surface area (TPSA) is 93.4 Å². The quantitative estimate of drug-likeness (QED) is 0.709. The van der Waals surface area contributed by atoms with Crippen molar-refractivity contribution in [2.75, 3.05) is 18.9 Å². The van der Waals surface area contributed by atoms with E-state index in [4.69, 9.17) is 15.2 Å². The Morgan fingerprint density at radius 3 is 2.83 bits per heavy atom. The number of nitrogens with two attached hydrogens (primary N) is 1. The van der Waals surface area contributed by atoms with Crippen LogP contribution in [0.5, 0.6) is 17.2 Å². The number of rotatable bonds is 1. The third kappa shape index (κ3) is 1.52. The highest BCUT2D eigenvalue weighted by atomic mass is 19.1. The Labute approximate surface area is 101 Å². The van der Waals surface area contributed by atoms with E-state index in [9.17, 15) is 9.50 Å². The van der Waals surface area contributed by atoms with Gasteiger partial charge in [0.2, 0.25) is 11.6 Å². The molecule has 1 aromatic heterocycles. The SMILES string of the molecule is Nc1cc(-c2cc3c(c(F)c2O)OCCO3)[nH]n1.